The molecule has 2 saturated carbocycles. The average Bonchev–Trinajstić information content (AvgIpc) is 2.96. The van der Waals surface area contributed by atoms with E-state index in [0.29, 0.717) is 23.5 Å². The Bertz CT molecular complexity index is 294. The molecular weight excluding hydrogens is 232 g/mol. The third kappa shape index (κ3) is 3.18. The van der Waals surface area contributed by atoms with Crippen molar-refractivity contribution < 1.29 is 4.79 Å². The van der Waals surface area contributed by atoms with Crippen molar-refractivity contribution in [3.05, 3.63) is 0 Å². The fourth-order valence-corrected chi connectivity index (χ4v) is 3.32. The van der Waals surface area contributed by atoms with Crippen LogP contribution in [-0.2, 0) is 4.79 Å². The van der Waals surface area contributed by atoms with Crippen LogP contribution >= 0.6 is 12.2 Å². The number of rotatable bonds is 4. The molecule has 0 saturated heterocycles. The second kappa shape index (κ2) is 5.80. The fraction of sp³-hybridized carbons (Fsp3) is 0.846. The Labute approximate surface area is 109 Å². The summed E-state index contributed by atoms with van der Waals surface area (Å²) >= 11 is 4.99. The van der Waals surface area contributed by atoms with E-state index in [4.69, 9.17) is 18.0 Å². The van der Waals surface area contributed by atoms with Gasteiger partial charge in [0.2, 0.25) is 5.91 Å². The van der Waals surface area contributed by atoms with Gasteiger partial charge in [-0.3, -0.25) is 4.79 Å². The summed E-state index contributed by atoms with van der Waals surface area (Å²) in [7, 11) is 0. The van der Waals surface area contributed by atoms with Crippen LogP contribution in [0.15, 0.2) is 0 Å². The van der Waals surface area contributed by atoms with Gasteiger partial charge in [0.05, 0.1) is 11.5 Å². The summed E-state index contributed by atoms with van der Waals surface area (Å²) in [5.41, 5.74) is 5.63. The molecule has 0 radical (unpaired) electrons. The molecule has 0 aromatic rings. The smallest absolute Gasteiger partial charge is 0.226 e. The molecule has 0 aromatic carbocycles. The van der Waals surface area contributed by atoms with Gasteiger partial charge >= 0.3 is 0 Å². The summed E-state index contributed by atoms with van der Waals surface area (Å²) in [6.07, 6.45) is 9.22. The summed E-state index contributed by atoms with van der Waals surface area (Å²) in [6.45, 7) is 0.481. The van der Waals surface area contributed by atoms with Gasteiger partial charge in [0, 0.05) is 12.0 Å². The van der Waals surface area contributed by atoms with Crippen LogP contribution in [0.3, 0.4) is 0 Å². The van der Waals surface area contributed by atoms with E-state index < -0.39 is 0 Å². The Morgan fingerprint density at radius 3 is 2.18 bits per heavy atom. The topological polar surface area (TPSA) is 46.3 Å². The summed E-state index contributed by atoms with van der Waals surface area (Å²) in [4.78, 5) is 14.9. The van der Waals surface area contributed by atoms with Crippen molar-refractivity contribution in [3.8, 4) is 0 Å². The first-order chi connectivity index (χ1) is 8.18. The second-order valence-corrected chi connectivity index (χ2v) is 5.88. The summed E-state index contributed by atoms with van der Waals surface area (Å²) < 4.78 is 0. The highest BCUT2D eigenvalue weighted by atomic mass is 32.1. The van der Waals surface area contributed by atoms with Gasteiger partial charge in [0.25, 0.3) is 0 Å². The summed E-state index contributed by atoms with van der Waals surface area (Å²) in [5, 5.41) is 0. The summed E-state index contributed by atoms with van der Waals surface area (Å²) in [6, 6.07) is 0.393. The lowest BCUT2D eigenvalue weighted by Gasteiger charge is -2.31. The van der Waals surface area contributed by atoms with Crippen molar-refractivity contribution in [1.82, 2.24) is 4.90 Å². The number of nitrogens with two attached hydrogens (primary N) is 1. The Hall–Kier alpha value is -0.640. The molecule has 0 unspecified atom stereocenters. The average molecular weight is 254 g/mol. The van der Waals surface area contributed by atoms with Gasteiger partial charge in [0.15, 0.2) is 0 Å². The molecule has 17 heavy (non-hydrogen) atoms. The minimum Gasteiger partial charge on any atom is -0.392 e. The van der Waals surface area contributed by atoms with Gasteiger partial charge in [-0.1, -0.05) is 37.9 Å². The van der Waals surface area contributed by atoms with Crippen molar-refractivity contribution in [1.29, 1.82) is 0 Å². The number of amides is 1. The predicted molar refractivity (Wildman–Crippen MR) is 72.7 cm³/mol. The SMILES string of the molecule is NC(=S)CN(C(=O)C1CCCC1)C1CCCC1. The van der Waals surface area contributed by atoms with Crippen molar-refractivity contribution in [2.24, 2.45) is 11.7 Å². The van der Waals surface area contributed by atoms with E-state index in [2.05, 4.69) is 0 Å². The van der Waals surface area contributed by atoms with E-state index in [9.17, 15) is 4.79 Å². The maximum atomic E-state index is 12.5. The molecule has 0 spiro atoms. The van der Waals surface area contributed by atoms with E-state index >= 15 is 0 Å². The number of carbonyl (C=O) groups is 1. The lowest BCUT2D eigenvalue weighted by Crippen LogP contribution is -2.45. The van der Waals surface area contributed by atoms with Gasteiger partial charge in [-0.15, -0.1) is 0 Å². The molecule has 3 nitrogen and oxygen atoms in total. The largest absolute Gasteiger partial charge is 0.392 e. The van der Waals surface area contributed by atoms with Crippen LogP contribution in [-0.4, -0.2) is 28.4 Å². The van der Waals surface area contributed by atoms with Crippen LogP contribution in [0.2, 0.25) is 0 Å². The predicted octanol–water partition coefficient (Wildman–Crippen LogP) is 2.23. The Balaban J connectivity index is 2.02. The van der Waals surface area contributed by atoms with Crippen molar-refractivity contribution in [3.63, 3.8) is 0 Å². The highest BCUT2D eigenvalue weighted by molar-refractivity contribution is 7.80. The molecule has 2 fully saturated rings. The molecule has 96 valence electrons. The lowest BCUT2D eigenvalue weighted by atomic mass is 10.0. The van der Waals surface area contributed by atoms with Gasteiger partial charge < -0.3 is 10.6 Å². The number of nitrogens with zero attached hydrogens (tertiary/aromatic N) is 1. The fourth-order valence-electron chi connectivity index (χ4n) is 3.18. The molecule has 2 rings (SSSR count). The molecule has 2 N–H and O–H groups in total. The first-order valence-electron chi connectivity index (χ1n) is 6.77. The maximum absolute atomic E-state index is 12.5. The first-order valence-corrected chi connectivity index (χ1v) is 7.18. The molecule has 4 heteroatoms. The Kier molecular flexibility index (Phi) is 4.37. The third-order valence-electron chi connectivity index (χ3n) is 4.08. The minimum atomic E-state index is 0.241. The molecule has 0 atom stereocenters. The zero-order valence-corrected chi connectivity index (χ0v) is 11.2. The zero-order valence-electron chi connectivity index (χ0n) is 10.4. The summed E-state index contributed by atoms with van der Waals surface area (Å²) in [5.74, 6) is 0.548. The molecule has 2 aliphatic carbocycles. The van der Waals surface area contributed by atoms with Crippen molar-refractivity contribution in [2.45, 2.75) is 57.4 Å². The number of carbonyl (C=O) groups excluding carboxylic acids is 1. The van der Waals surface area contributed by atoms with Crippen LogP contribution in [0.1, 0.15) is 51.4 Å². The van der Waals surface area contributed by atoms with E-state index in [1.54, 1.807) is 0 Å². The molecule has 2 aliphatic rings. The van der Waals surface area contributed by atoms with E-state index in [1.165, 1.54) is 25.7 Å². The third-order valence-corrected chi connectivity index (χ3v) is 4.21. The van der Waals surface area contributed by atoms with Crippen LogP contribution < -0.4 is 5.73 Å². The van der Waals surface area contributed by atoms with E-state index in [-0.39, 0.29) is 5.92 Å². The Morgan fingerprint density at radius 2 is 1.65 bits per heavy atom. The molecule has 1 amide bonds. The van der Waals surface area contributed by atoms with E-state index in [1.807, 2.05) is 4.90 Å². The van der Waals surface area contributed by atoms with Gasteiger partial charge in [-0.05, 0) is 25.7 Å². The van der Waals surface area contributed by atoms with Gasteiger partial charge in [-0.25, -0.2) is 0 Å². The van der Waals surface area contributed by atoms with Crippen LogP contribution in [0.25, 0.3) is 0 Å². The lowest BCUT2D eigenvalue weighted by molar-refractivity contribution is -0.136. The number of hydrogen-bond acceptors (Lipinski definition) is 2. The highest BCUT2D eigenvalue weighted by Crippen LogP contribution is 2.30. The van der Waals surface area contributed by atoms with Crippen molar-refractivity contribution >= 4 is 23.1 Å². The van der Waals surface area contributed by atoms with Crippen LogP contribution in [0.4, 0.5) is 0 Å². The van der Waals surface area contributed by atoms with Crippen LogP contribution in [0.5, 0.6) is 0 Å². The number of hydrogen-bond donors (Lipinski definition) is 1. The van der Waals surface area contributed by atoms with Crippen molar-refractivity contribution in [2.75, 3.05) is 6.54 Å². The number of thiocarbonyl (C=S) groups is 1. The molecular formula is C13H22N2OS. The van der Waals surface area contributed by atoms with Crippen LogP contribution in [0, 0.1) is 5.92 Å². The standard InChI is InChI=1S/C13H22N2OS/c14-12(17)9-15(11-7-3-4-8-11)13(16)10-5-1-2-6-10/h10-11H,1-9H2,(H2,14,17). The highest BCUT2D eigenvalue weighted by Gasteiger charge is 2.32. The Morgan fingerprint density at radius 1 is 1.12 bits per heavy atom. The maximum Gasteiger partial charge on any atom is 0.226 e. The molecule has 0 bridgehead atoms. The first kappa shape index (κ1) is 12.8. The zero-order chi connectivity index (χ0) is 12.3. The van der Waals surface area contributed by atoms with E-state index in [0.717, 1.165) is 25.7 Å². The molecule has 0 heterocycles. The molecule has 0 aliphatic heterocycles. The minimum absolute atomic E-state index is 0.241. The normalized spacial score (nSPS) is 21.9. The quantitative estimate of drug-likeness (QED) is 0.783. The second-order valence-electron chi connectivity index (χ2n) is 5.35. The molecule has 0 aromatic heterocycles. The van der Waals surface area contributed by atoms with Gasteiger partial charge in [0.1, 0.15) is 0 Å². The monoisotopic (exact) mass is 254 g/mol. The van der Waals surface area contributed by atoms with Gasteiger partial charge in [-0.2, -0.15) is 0 Å².